The maximum absolute atomic E-state index is 12.7. The Labute approximate surface area is 189 Å². The number of hydrogen-bond donors (Lipinski definition) is 2. The molecule has 3 heterocycles. The van der Waals surface area contributed by atoms with Crippen molar-refractivity contribution in [2.75, 3.05) is 41.7 Å². The largest absolute Gasteiger partial charge is 0.368 e. The van der Waals surface area contributed by atoms with Gasteiger partial charge in [0.05, 0.1) is 12.6 Å². The van der Waals surface area contributed by atoms with Crippen LogP contribution in [0.3, 0.4) is 0 Å². The molecular weight excluding hydrogens is 428 g/mol. The van der Waals surface area contributed by atoms with Crippen molar-refractivity contribution in [3.8, 4) is 0 Å². The van der Waals surface area contributed by atoms with E-state index < -0.39 is 6.03 Å². The highest BCUT2D eigenvalue weighted by Gasteiger charge is 2.19. The standard InChI is InChI=1S/C22H24N6O3S/c1-16(29)26-10-12-27(13-11-26)18-6-4-17(5-7-18)24-22(31)28-20(8-9-23-28)25-21(30)15-19-3-2-14-32-19/h2-9,14H,10-13,15H2,1H3,(H,24,31)(H,25,30). The summed E-state index contributed by atoms with van der Waals surface area (Å²) in [5.41, 5.74) is 1.65. The number of rotatable bonds is 5. The van der Waals surface area contributed by atoms with Gasteiger partial charge in [-0.3, -0.25) is 9.59 Å². The molecule has 0 aliphatic carbocycles. The lowest BCUT2D eigenvalue weighted by Gasteiger charge is -2.35. The number of carbonyl (C=O) groups is 3. The first-order valence-electron chi connectivity index (χ1n) is 10.3. The average molecular weight is 453 g/mol. The lowest BCUT2D eigenvalue weighted by Crippen LogP contribution is -2.48. The van der Waals surface area contributed by atoms with Crippen LogP contribution in [0, 0.1) is 0 Å². The van der Waals surface area contributed by atoms with Crippen LogP contribution in [-0.4, -0.2) is 58.7 Å². The van der Waals surface area contributed by atoms with Gasteiger partial charge in [-0.1, -0.05) is 6.07 Å². The van der Waals surface area contributed by atoms with Crippen LogP contribution < -0.4 is 15.5 Å². The summed E-state index contributed by atoms with van der Waals surface area (Å²) in [6, 6.07) is 12.4. The Hall–Kier alpha value is -3.66. The summed E-state index contributed by atoms with van der Waals surface area (Å²) in [5.74, 6) is 0.198. The number of piperazine rings is 1. The zero-order chi connectivity index (χ0) is 22.5. The fourth-order valence-electron chi connectivity index (χ4n) is 3.53. The predicted octanol–water partition coefficient (Wildman–Crippen LogP) is 2.87. The van der Waals surface area contributed by atoms with Crippen LogP contribution in [0.25, 0.3) is 0 Å². The van der Waals surface area contributed by atoms with Gasteiger partial charge in [-0.25, -0.2) is 4.79 Å². The summed E-state index contributed by atoms with van der Waals surface area (Å²) in [4.78, 5) is 41.4. The Balaban J connectivity index is 1.34. The van der Waals surface area contributed by atoms with E-state index in [0.29, 0.717) is 24.6 Å². The normalized spacial score (nSPS) is 13.7. The molecule has 0 atom stereocenters. The van der Waals surface area contributed by atoms with Crippen molar-refractivity contribution in [1.29, 1.82) is 0 Å². The molecule has 3 amide bonds. The van der Waals surface area contributed by atoms with Crippen LogP contribution in [-0.2, 0) is 16.0 Å². The van der Waals surface area contributed by atoms with E-state index in [1.165, 1.54) is 17.5 Å². The van der Waals surface area contributed by atoms with E-state index in [9.17, 15) is 14.4 Å². The monoisotopic (exact) mass is 452 g/mol. The van der Waals surface area contributed by atoms with Crippen molar-refractivity contribution >= 4 is 46.4 Å². The molecule has 9 nitrogen and oxygen atoms in total. The van der Waals surface area contributed by atoms with E-state index in [-0.39, 0.29) is 18.2 Å². The first kappa shape index (κ1) is 21.6. The van der Waals surface area contributed by atoms with E-state index in [0.717, 1.165) is 28.3 Å². The third kappa shape index (κ3) is 5.14. The molecule has 1 aliphatic rings. The lowest BCUT2D eigenvalue weighted by atomic mass is 10.2. The molecular formula is C22H24N6O3S. The molecule has 1 aliphatic heterocycles. The van der Waals surface area contributed by atoms with Gasteiger partial charge in [-0.15, -0.1) is 11.3 Å². The summed E-state index contributed by atoms with van der Waals surface area (Å²) < 4.78 is 1.13. The molecule has 0 radical (unpaired) electrons. The van der Waals surface area contributed by atoms with Gasteiger partial charge < -0.3 is 20.4 Å². The van der Waals surface area contributed by atoms with Crippen molar-refractivity contribution in [2.24, 2.45) is 0 Å². The number of amides is 3. The van der Waals surface area contributed by atoms with Crippen LogP contribution in [0.1, 0.15) is 11.8 Å². The van der Waals surface area contributed by atoms with Gasteiger partial charge in [0.2, 0.25) is 11.8 Å². The molecule has 1 fully saturated rings. The highest BCUT2D eigenvalue weighted by Crippen LogP contribution is 2.20. The Kier molecular flexibility index (Phi) is 6.50. The summed E-state index contributed by atoms with van der Waals surface area (Å²) >= 11 is 1.51. The number of thiophene rings is 1. The number of nitrogens with one attached hydrogen (secondary N) is 2. The number of anilines is 3. The highest BCUT2D eigenvalue weighted by atomic mass is 32.1. The number of hydrogen-bond acceptors (Lipinski definition) is 6. The molecule has 166 valence electrons. The quantitative estimate of drug-likeness (QED) is 0.620. The van der Waals surface area contributed by atoms with Crippen LogP contribution in [0.2, 0.25) is 0 Å². The number of benzene rings is 1. The molecule has 3 aromatic rings. The molecule has 2 aromatic heterocycles. The first-order chi connectivity index (χ1) is 15.5. The molecule has 0 bridgehead atoms. The molecule has 0 saturated carbocycles. The fourth-order valence-corrected chi connectivity index (χ4v) is 4.23. The van der Waals surface area contributed by atoms with Gasteiger partial charge in [0, 0.05) is 55.4 Å². The van der Waals surface area contributed by atoms with Gasteiger partial charge in [-0.2, -0.15) is 9.78 Å². The molecule has 10 heteroatoms. The minimum absolute atomic E-state index is 0.100. The van der Waals surface area contributed by atoms with Crippen LogP contribution in [0.5, 0.6) is 0 Å². The molecule has 4 rings (SSSR count). The van der Waals surface area contributed by atoms with Crippen molar-refractivity contribution in [3.05, 3.63) is 58.9 Å². The topological polar surface area (TPSA) is 99.6 Å². The number of carbonyl (C=O) groups excluding carboxylic acids is 3. The van der Waals surface area contributed by atoms with Gasteiger partial charge in [0.15, 0.2) is 0 Å². The van der Waals surface area contributed by atoms with Crippen LogP contribution in [0.15, 0.2) is 54.0 Å². The maximum Gasteiger partial charge on any atom is 0.348 e. The summed E-state index contributed by atoms with van der Waals surface area (Å²) in [7, 11) is 0. The zero-order valence-electron chi connectivity index (χ0n) is 17.7. The first-order valence-corrected chi connectivity index (χ1v) is 11.2. The van der Waals surface area contributed by atoms with Gasteiger partial charge >= 0.3 is 6.03 Å². The van der Waals surface area contributed by atoms with Gasteiger partial charge in [-0.05, 0) is 35.7 Å². The van der Waals surface area contributed by atoms with E-state index >= 15 is 0 Å². The molecule has 0 unspecified atom stereocenters. The average Bonchev–Trinajstić information content (AvgIpc) is 3.46. The summed E-state index contributed by atoms with van der Waals surface area (Å²) in [5, 5.41) is 11.5. The Morgan fingerprint density at radius 2 is 1.75 bits per heavy atom. The minimum atomic E-state index is -0.468. The number of aromatic nitrogens is 2. The summed E-state index contributed by atoms with van der Waals surface area (Å²) in [6.07, 6.45) is 1.71. The van der Waals surface area contributed by atoms with E-state index in [2.05, 4.69) is 20.6 Å². The second kappa shape index (κ2) is 9.65. The third-order valence-electron chi connectivity index (χ3n) is 5.23. The summed E-state index contributed by atoms with van der Waals surface area (Å²) in [6.45, 7) is 4.54. The molecule has 2 N–H and O–H groups in total. The second-order valence-electron chi connectivity index (χ2n) is 7.40. The van der Waals surface area contributed by atoms with Gasteiger partial charge in [0.1, 0.15) is 5.82 Å². The van der Waals surface area contributed by atoms with E-state index in [1.54, 1.807) is 13.0 Å². The number of nitrogens with zero attached hydrogens (tertiary/aromatic N) is 4. The molecule has 1 aromatic carbocycles. The Morgan fingerprint density at radius 1 is 1.00 bits per heavy atom. The molecule has 1 saturated heterocycles. The Morgan fingerprint density at radius 3 is 2.41 bits per heavy atom. The molecule has 0 spiro atoms. The zero-order valence-corrected chi connectivity index (χ0v) is 18.5. The van der Waals surface area contributed by atoms with Crippen molar-refractivity contribution in [3.63, 3.8) is 0 Å². The Bertz CT molecular complexity index is 1090. The predicted molar refractivity (Wildman–Crippen MR) is 124 cm³/mol. The lowest BCUT2D eigenvalue weighted by molar-refractivity contribution is -0.129. The smallest absolute Gasteiger partial charge is 0.348 e. The van der Waals surface area contributed by atoms with Crippen LogP contribution >= 0.6 is 11.3 Å². The molecule has 32 heavy (non-hydrogen) atoms. The second-order valence-corrected chi connectivity index (χ2v) is 8.43. The van der Waals surface area contributed by atoms with E-state index in [4.69, 9.17) is 0 Å². The van der Waals surface area contributed by atoms with Crippen LogP contribution in [0.4, 0.5) is 22.0 Å². The minimum Gasteiger partial charge on any atom is -0.368 e. The SMILES string of the molecule is CC(=O)N1CCN(c2ccc(NC(=O)n3nccc3NC(=O)Cc3cccs3)cc2)CC1. The van der Waals surface area contributed by atoms with E-state index in [1.807, 2.05) is 46.7 Å². The fraction of sp³-hybridized carbons (Fsp3) is 0.273. The van der Waals surface area contributed by atoms with Crippen molar-refractivity contribution in [1.82, 2.24) is 14.7 Å². The highest BCUT2D eigenvalue weighted by molar-refractivity contribution is 7.10. The third-order valence-corrected chi connectivity index (χ3v) is 6.10. The van der Waals surface area contributed by atoms with Crippen molar-refractivity contribution < 1.29 is 14.4 Å². The van der Waals surface area contributed by atoms with Crippen molar-refractivity contribution in [2.45, 2.75) is 13.3 Å². The van der Waals surface area contributed by atoms with Gasteiger partial charge in [0.25, 0.3) is 0 Å². The maximum atomic E-state index is 12.7.